The van der Waals surface area contributed by atoms with Gasteiger partial charge in [-0.3, -0.25) is 14.2 Å². The van der Waals surface area contributed by atoms with Gasteiger partial charge in [-0.25, -0.2) is 9.36 Å². The zero-order chi connectivity index (χ0) is 25.4. The fourth-order valence-electron chi connectivity index (χ4n) is 4.57. The number of fused-ring (bicyclic) bond motifs is 3. The van der Waals surface area contributed by atoms with E-state index in [1.165, 1.54) is 30.1 Å². The van der Waals surface area contributed by atoms with Crippen molar-refractivity contribution in [3.05, 3.63) is 78.8 Å². The van der Waals surface area contributed by atoms with E-state index in [9.17, 15) is 14.4 Å². The Bertz CT molecular complexity index is 1590. The lowest BCUT2D eigenvalue weighted by atomic mass is 9.97. The average molecular weight is 526 g/mol. The van der Waals surface area contributed by atoms with Gasteiger partial charge in [0.1, 0.15) is 22.9 Å². The van der Waals surface area contributed by atoms with E-state index < -0.39 is 11.6 Å². The Morgan fingerprint density at radius 2 is 1.81 bits per heavy atom. The van der Waals surface area contributed by atoms with E-state index in [1.807, 2.05) is 0 Å². The summed E-state index contributed by atoms with van der Waals surface area (Å²) in [5, 5.41) is 3.82. The molecular weight excluding hydrogens is 502 g/mol. The summed E-state index contributed by atoms with van der Waals surface area (Å²) in [4.78, 5) is 42.2. The minimum absolute atomic E-state index is 0.275. The predicted molar refractivity (Wildman–Crippen MR) is 142 cm³/mol. The molecule has 2 aromatic heterocycles. The van der Waals surface area contributed by atoms with Crippen molar-refractivity contribution in [3.8, 4) is 17.2 Å². The maximum absolute atomic E-state index is 13.7. The molecule has 1 aliphatic carbocycles. The summed E-state index contributed by atoms with van der Waals surface area (Å²) in [5.74, 6) is 0.574. The molecule has 0 unspecified atom stereocenters. The van der Waals surface area contributed by atoms with Gasteiger partial charge in [0, 0.05) is 16.0 Å². The highest BCUT2D eigenvalue weighted by Gasteiger charge is 2.25. The van der Waals surface area contributed by atoms with Crippen molar-refractivity contribution in [1.29, 1.82) is 0 Å². The van der Waals surface area contributed by atoms with Crippen LogP contribution < -0.4 is 26.0 Å². The molecule has 0 aliphatic heterocycles. The fourth-order valence-corrected chi connectivity index (χ4v) is 6.07. The topological polar surface area (TPSA) is 91.6 Å². The Morgan fingerprint density at radius 3 is 2.53 bits per heavy atom. The maximum atomic E-state index is 13.7. The lowest BCUT2D eigenvalue weighted by molar-refractivity contribution is -0.116. The molecule has 1 N–H and O–H groups in total. The van der Waals surface area contributed by atoms with E-state index in [4.69, 9.17) is 21.1 Å². The Kier molecular flexibility index (Phi) is 6.59. The summed E-state index contributed by atoms with van der Waals surface area (Å²) in [6.07, 6.45) is 3.65. The Labute approximate surface area is 215 Å². The van der Waals surface area contributed by atoms with E-state index in [0.717, 1.165) is 40.7 Å². The van der Waals surface area contributed by atoms with Crippen molar-refractivity contribution in [3.63, 3.8) is 0 Å². The van der Waals surface area contributed by atoms with Gasteiger partial charge < -0.3 is 14.8 Å². The minimum atomic E-state index is -0.582. The van der Waals surface area contributed by atoms with Gasteiger partial charge in [0.15, 0.2) is 0 Å². The largest absolute Gasteiger partial charge is 0.497 e. The third-order valence-electron chi connectivity index (χ3n) is 6.30. The van der Waals surface area contributed by atoms with Crippen molar-refractivity contribution in [1.82, 2.24) is 9.13 Å². The van der Waals surface area contributed by atoms with Crippen molar-refractivity contribution < 1.29 is 14.3 Å². The SMILES string of the molecule is COc1ccc(OC)c(NC(=O)Cn2c(=O)n(-c3ccc(Cl)cc3)c(=O)c3c4c(sc32)CCCC4)c1. The van der Waals surface area contributed by atoms with Crippen LogP contribution in [0.4, 0.5) is 5.69 Å². The molecule has 5 rings (SSSR count). The zero-order valence-corrected chi connectivity index (χ0v) is 21.4. The van der Waals surface area contributed by atoms with Crippen LogP contribution in [0.5, 0.6) is 11.5 Å². The Balaban J connectivity index is 1.64. The number of carbonyl (C=O) groups excluding carboxylic acids is 1. The molecule has 1 amide bonds. The number of thiophene rings is 1. The second-order valence-corrected chi connectivity index (χ2v) is 10.0. The first-order chi connectivity index (χ1) is 17.4. The number of aryl methyl sites for hydroxylation is 2. The summed E-state index contributed by atoms with van der Waals surface area (Å²) in [6, 6.07) is 11.6. The quantitative estimate of drug-likeness (QED) is 0.403. The number of rotatable bonds is 6. The van der Waals surface area contributed by atoms with Gasteiger partial charge >= 0.3 is 5.69 Å². The van der Waals surface area contributed by atoms with Crippen LogP contribution in [0.15, 0.2) is 52.1 Å². The molecule has 0 spiro atoms. The number of nitrogens with one attached hydrogen (secondary N) is 1. The Hall–Kier alpha value is -3.56. The molecule has 186 valence electrons. The van der Waals surface area contributed by atoms with Crippen LogP contribution in [-0.2, 0) is 24.2 Å². The smallest absolute Gasteiger partial charge is 0.337 e. The highest BCUT2D eigenvalue weighted by molar-refractivity contribution is 7.18. The van der Waals surface area contributed by atoms with Gasteiger partial charge in [0.2, 0.25) is 5.91 Å². The zero-order valence-electron chi connectivity index (χ0n) is 19.8. The van der Waals surface area contributed by atoms with Crippen LogP contribution in [0.25, 0.3) is 15.9 Å². The molecule has 4 aromatic rings. The molecular formula is C26H24ClN3O5S. The maximum Gasteiger partial charge on any atom is 0.337 e. The highest BCUT2D eigenvalue weighted by atomic mass is 35.5. The van der Waals surface area contributed by atoms with E-state index in [-0.39, 0.29) is 12.1 Å². The van der Waals surface area contributed by atoms with Gasteiger partial charge in [0.25, 0.3) is 5.56 Å². The van der Waals surface area contributed by atoms with E-state index in [2.05, 4.69) is 5.32 Å². The van der Waals surface area contributed by atoms with Gasteiger partial charge in [-0.1, -0.05) is 11.6 Å². The lowest BCUT2D eigenvalue weighted by Crippen LogP contribution is -2.40. The minimum Gasteiger partial charge on any atom is -0.497 e. The summed E-state index contributed by atoms with van der Waals surface area (Å²) in [7, 11) is 3.03. The van der Waals surface area contributed by atoms with Gasteiger partial charge in [-0.15, -0.1) is 11.3 Å². The molecule has 0 bridgehead atoms. The average Bonchev–Trinajstić information content (AvgIpc) is 3.27. The number of benzene rings is 2. The molecule has 0 radical (unpaired) electrons. The van der Waals surface area contributed by atoms with Crippen LogP contribution in [0.3, 0.4) is 0 Å². The third kappa shape index (κ3) is 4.29. The van der Waals surface area contributed by atoms with Gasteiger partial charge in [-0.05, 0) is 67.6 Å². The lowest BCUT2D eigenvalue weighted by Gasteiger charge is -2.15. The number of aromatic nitrogens is 2. The van der Waals surface area contributed by atoms with Crippen LogP contribution >= 0.6 is 22.9 Å². The molecule has 2 aromatic carbocycles. The molecule has 0 saturated carbocycles. The monoisotopic (exact) mass is 525 g/mol. The second kappa shape index (κ2) is 9.83. The summed E-state index contributed by atoms with van der Waals surface area (Å²) in [5.41, 5.74) is 0.847. The molecule has 1 aliphatic rings. The molecule has 0 saturated heterocycles. The third-order valence-corrected chi connectivity index (χ3v) is 7.87. The number of carbonyl (C=O) groups is 1. The molecule has 2 heterocycles. The number of ether oxygens (including phenoxy) is 2. The number of nitrogens with zero attached hydrogens (tertiary/aromatic N) is 2. The molecule has 10 heteroatoms. The number of anilines is 1. The number of methoxy groups -OCH3 is 2. The first-order valence-corrected chi connectivity index (χ1v) is 12.7. The fraction of sp³-hybridized carbons (Fsp3) is 0.269. The van der Waals surface area contributed by atoms with E-state index >= 15 is 0 Å². The van der Waals surface area contributed by atoms with Gasteiger partial charge in [0.05, 0.1) is 31.0 Å². The van der Waals surface area contributed by atoms with E-state index in [0.29, 0.717) is 38.1 Å². The molecule has 8 nitrogen and oxygen atoms in total. The molecule has 36 heavy (non-hydrogen) atoms. The van der Waals surface area contributed by atoms with Crippen LogP contribution in [0, 0.1) is 0 Å². The van der Waals surface area contributed by atoms with Crippen molar-refractivity contribution in [2.75, 3.05) is 19.5 Å². The van der Waals surface area contributed by atoms with Crippen molar-refractivity contribution in [2.45, 2.75) is 32.2 Å². The van der Waals surface area contributed by atoms with Crippen molar-refractivity contribution in [2.24, 2.45) is 0 Å². The van der Waals surface area contributed by atoms with E-state index in [1.54, 1.807) is 42.5 Å². The summed E-state index contributed by atoms with van der Waals surface area (Å²) >= 11 is 7.46. The van der Waals surface area contributed by atoms with Crippen LogP contribution in [-0.4, -0.2) is 29.3 Å². The van der Waals surface area contributed by atoms with Crippen LogP contribution in [0.1, 0.15) is 23.3 Å². The molecule has 0 fully saturated rings. The summed E-state index contributed by atoms with van der Waals surface area (Å²) in [6.45, 7) is -0.275. The normalized spacial score (nSPS) is 12.9. The van der Waals surface area contributed by atoms with Crippen molar-refractivity contribution >= 4 is 44.7 Å². The van der Waals surface area contributed by atoms with Gasteiger partial charge in [-0.2, -0.15) is 0 Å². The number of amides is 1. The highest BCUT2D eigenvalue weighted by Crippen LogP contribution is 2.34. The Morgan fingerprint density at radius 1 is 1.06 bits per heavy atom. The number of halogens is 1. The molecule has 0 atom stereocenters. The predicted octanol–water partition coefficient (Wildman–Crippen LogP) is 4.40. The first kappa shape index (κ1) is 24.1. The first-order valence-electron chi connectivity index (χ1n) is 11.5. The number of hydrogen-bond donors (Lipinski definition) is 1. The second-order valence-electron chi connectivity index (χ2n) is 8.49. The standard InChI is InChI=1S/C26H24ClN3O5S/c1-34-17-11-12-20(35-2)19(13-17)28-22(31)14-29-25-23(18-5-3-4-6-21(18)36-25)24(32)30(26(29)33)16-9-7-15(27)8-10-16/h7-13H,3-6,14H2,1-2H3,(H,28,31). The van der Waals surface area contributed by atoms with Crippen LogP contribution in [0.2, 0.25) is 5.02 Å². The summed E-state index contributed by atoms with van der Waals surface area (Å²) < 4.78 is 13.1. The number of hydrogen-bond acceptors (Lipinski definition) is 6.